The van der Waals surface area contributed by atoms with E-state index in [-0.39, 0.29) is 0 Å². The van der Waals surface area contributed by atoms with Crippen molar-refractivity contribution in [1.82, 2.24) is 0 Å². The molecule has 2 fully saturated rings. The number of hydrogen-bond donors (Lipinski definition) is 0. The van der Waals surface area contributed by atoms with E-state index in [4.69, 9.17) is 9.47 Å². The third-order valence-corrected chi connectivity index (χ3v) is 10.5. The lowest BCUT2D eigenvalue weighted by Crippen LogP contribution is -2.15. The lowest BCUT2D eigenvalue weighted by atomic mass is 9.78. The molecule has 2 aliphatic carbocycles. The van der Waals surface area contributed by atoms with Crippen LogP contribution in [0.2, 0.25) is 0 Å². The largest absolute Gasteiger partial charge is 0.494 e. The fourth-order valence-corrected chi connectivity index (χ4v) is 7.59. The van der Waals surface area contributed by atoms with E-state index >= 15 is 0 Å². The van der Waals surface area contributed by atoms with Crippen LogP contribution < -0.4 is 9.47 Å². The maximum Gasteiger partial charge on any atom is 0.119 e. The van der Waals surface area contributed by atoms with Crippen LogP contribution in [0.1, 0.15) is 142 Å². The quantitative estimate of drug-likeness (QED) is 0.155. The van der Waals surface area contributed by atoms with Gasteiger partial charge in [0.2, 0.25) is 0 Å². The predicted octanol–water partition coefficient (Wildman–Crippen LogP) is 12.4. The molecule has 0 radical (unpaired) electrons. The molecule has 2 saturated carbocycles. The molecule has 42 heavy (non-hydrogen) atoms. The molecule has 2 heteroatoms. The molecule has 2 nitrogen and oxygen atoms in total. The molecule has 2 aromatic rings. The molecule has 0 unspecified atom stereocenters. The summed E-state index contributed by atoms with van der Waals surface area (Å²) in [5.74, 6) is 5.85. The van der Waals surface area contributed by atoms with E-state index in [0.717, 1.165) is 48.4 Å². The highest BCUT2D eigenvalue weighted by Gasteiger charge is 2.21. The van der Waals surface area contributed by atoms with E-state index in [1.54, 1.807) is 0 Å². The van der Waals surface area contributed by atoms with E-state index in [9.17, 15) is 0 Å². The zero-order valence-corrected chi connectivity index (χ0v) is 27.3. The standard InChI is InChI=1S/C40H62O2/c1-3-5-7-11-33-15-19-35(20-16-33)13-9-31-41-39-27-23-37(24-28-39)38-25-29-40(30-26-38)42-32-10-14-36-21-17-34(18-22-36)12-8-6-4-2/h23-30,33-36H,3-22,31-32H2,1-2H3/t33-,34-,35-,36-. The number of hydrogen-bond acceptors (Lipinski definition) is 2. The van der Waals surface area contributed by atoms with Crippen molar-refractivity contribution in [1.29, 1.82) is 0 Å². The number of ether oxygens (including phenoxy) is 2. The Balaban J connectivity index is 1.05. The smallest absolute Gasteiger partial charge is 0.119 e. The Morgan fingerprint density at radius 3 is 1.05 bits per heavy atom. The van der Waals surface area contributed by atoms with Crippen molar-refractivity contribution in [2.24, 2.45) is 23.7 Å². The number of benzene rings is 2. The third kappa shape index (κ3) is 12.0. The minimum absolute atomic E-state index is 0.835. The first-order chi connectivity index (χ1) is 20.7. The summed E-state index contributed by atoms with van der Waals surface area (Å²) in [6.07, 6.45) is 28.0. The predicted molar refractivity (Wildman–Crippen MR) is 181 cm³/mol. The topological polar surface area (TPSA) is 18.5 Å². The summed E-state index contributed by atoms with van der Waals surface area (Å²) in [6.45, 7) is 6.29. The molecular weight excluding hydrogens is 512 g/mol. The summed E-state index contributed by atoms with van der Waals surface area (Å²) in [6, 6.07) is 17.2. The van der Waals surface area contributed by atoms with Crippen molar-refractivity contribution >= 4 is 0 Å². The normalized spacial score (nSPS) is 22.6. The van der Waals surface area contributed by atoms with Crippen LogP contribution >= 0.6 is 0 Å². The Kier molecular flexibility index (Phi) is 15.2. The Bertz CT molecular complexity index is 853. The van der Waals surface area contributed by atoms with Crippen molar-refractivity contribution in [3.05, 3.63) is 48.5 Å². The summed E-state index contributed by atoms with van der Waals surface area (Å²) in [5, 5.41) is 0. The van der Waals surface area contributed by atoms with Gasteiger partial charge in [0, 0.05) is 0 Å². The lowest BCUT2D eigenvalue weighted by Gasteiger charge is -2.28. The molecule has 2 aromatic carbocycles. The summed E-state index contributed by atoms with van der Waals surface area (Å²) in [5.41, 5.74) is 2.46. The molecule has 0 spiro atoms. The van der Waals surface area contributed by atoms with Crippen LogP contribution in [0.15, 0.2) is 48.5 Å². The van der Waals surface area contributed by atoms with Gasteiger partial charge in [0.05, 0.1) is 13.2 Å². The fraction of sp³-hybridized carbons (Fsp3) is 0.700. The Labute approximate surface area is 259 Å². The van der Waals surface area contributed by atoms with E-state index in [1.807, 2.05) is 0 Å². The summed E-state index contributed by atoms with van der Waals surface area (Å²) in [4.78, 5) is 0. The van der Waals surface area contributed by atoms with Gasteiger partial charge >= 0.3 is 0 Å². The van der Waals surface area contributed by atoms with Crippen molar-refractivity contribution in [3.63, 3.8) is 0 Å². The van der Waals surface area contributed by atoms with Gasteiger partial charge in [0.15, 0.2) is 0 Å². The zero-order valence-electron chi connectivity index (χ0n) is 27.3. The molecule has 2 aliphatic rings. The van der Waals surface area contributed by atoms with Gasteiger partial charge in [-0.3, -0.25) is 0 Å². The first-order valence-electron chi connectivity index (χ1n) is 18.2. The fourth-order valence-electron chi connectivity index (χ4n) is 7.59. The highest BCUT2D eigenvalue weighted by molar-refractivity contribution is 5.64. The van der Waals surface area contributed by atoms with Gasteiger partial charge in [-0.2, -0.15) is 0 Å². The zero-order chi connectivity index (χ0) is 29.2. The highest BCUT2D eigenvalue weighted by atomic mass is 16.5. The monoisotopic (exact) mass is 574 g/mol. The van der Waals surface area contributed by atoms with Crippen LogP contribution in [-0.4, -0.2) is 13.2 Å². The van der Waals surface area contributed by atoms with Gasteiger partial charge in [0.25, 0.3) is 0 Å². The Morgan fingerprint density at radius 1 is 0.429 bits per heavy atom. The molecular formula is C40H62O2. The molecule has 0 bridgehead atoms. The van der Waals surface area contributed by atoms with Crippen LogP contribution in [0.25, 0.3) is 11.1 Å². The summed E-state index contributed by atoms with van der Waals surface area (Å²) < 4.78 is 12.2. The van der Waals surface area contributed by atoms with Crippen molar-refractivity contribution < 1.29 is 9.47 Å². The number of rotatable bonds is 19. The van der Waals surface area contributed by atoms with Crippen molar-refractivity contribution in [3.8, 4) is 22.6 Å². The molecule has 0 heterocycles. The Hall–Kier alpha value is -1.96. The second kappa shape index (κ2) is 19.3. The lowest BCUT2D eigenvalue weighted by molar-refractivity contribution is 0.228. The van der Waals surface area contributed by atoms with E-state index in [0.29, 0.717) is 0 Å². The maximum absolute atomic E-state index is 6.10. The third-order valence-electron chi connectivity index (χ3n) is 10.5. The molecule has 0 aromatic heterocycles. The van der Waals surface area contributed by atoms with Gasteiger partial charge in [-0.1, -0.05) is 141 Å². The van der Waals surface area contributed by atoms with Crippen LogP contribution in [0.3, 0.4) is 0 Å². The van der Waals surface area contributed by atoms with Crippen LogP contribution in [0, 0.1) is 23.7 Å². The summed E-state index contributed by atoms with van der Waals surface area (Å²) in [7, 11) is 0. The minimum atomic E-state index is 0.835. The molecule has 234 valence electrons. The van der Waals surface area contributed by atoms with Gasteiger partial charge in [-0.05, 0) is 84.7 Å². The second-order valence-corrected chi connectivity index (χ2v) is 13.8. The molecule has 0 N–H and O–H groups in total. The first-order valence-corrected chi connectivity index (χ1v) is 18.2. The van der Waals surface area contributed by atoms with Crippen molar-refractivity contribution in [2.75, 3.05) is 13.2 Å². The van der Waals surface area contributed by atoms with Gasteiger partial charge in [-0.15, -0.1) is 0 Å². The Morgan fingerprint density at radius 2 is 0.738 bits per heavy atom. The second-order valence-electron chi connectivity index (χ2n) is 13.8. The van der Waals surface area contributed by atoms with Crippen LogP contribution in [0.5, 0.6) is 11.5 Å². The van der Waals surface area contributed by atoms with E-state index in [2.05, 4.69) is 62.4 Å². The maximum atomic E-state index is 6.10. The molecule has 0 atom stereocenters. The van der Waals surface area contributed by atoms with E-state index in [1.165, 1.54) is 140 Å². The minimum Gasteiger partial charge on any atom is -0.494 e. The van der Waals surface area contributed by atoms with Crippen LogP contribution in [-0.2, 0) is 0 Å². The first kappa shape index (κ1) is 32.9. The average Bonchev–Trinajstić information content (AvgIpc) is 3.04. The van der Waals surface area contributed by atoms with Crippen LogP contribution in [0.4, 0.5) is 0 Å². The number of unbranched alkanes of at least 4 members (excludes halogenated alkanes) is 4. The molecule has 0 amide bonds. The summed E-state index contributed by atoms with van der Waals surface area (Å²) >= 11 is 0. The van der Waals surface area contributed by atoms with Gasteiger partial charge in [0.1, 0.15) is 11.5 Å². The highest BCUT2D eigenvalue weighted by Crippen LogP contribution is 2.35. The molecule has 4 rings (SSSR count). The molecule has 0 aliphatic heterocycles. The van der Waals surface area contributed by atoms with Gasteiger partial charge < -0.3 is 9.47 Å². The van der Waals surface area contributed by atoms with E-state index < -0.39 is 0 Å². The average molecular weight is 575 g/mol. The SMILES string of the molecule is CCCCC[C@H]1CC[C@H](CCCOc2ccc(-c3ccc(OCCC[C@H]4CC[C@H](CCCCC)CC4)cc3)cc2)CC1. The van der Waals surface area contributed by atoms with Gasteiger partial charge in [-0.25, -0.2) is 0 Å². The molecule has 0 saturated heterocycles. The van der Waals surface area contributed by atoms with Crippen molar-refractivity contribution in [2.45, 2.75) is 142 Å².